The fourth-order valence-electron chi connectivity index (χ4n) is 3.34. The summed E-state index contributed by atoms with van der Waals surface area (Å²) < 4.78 is 19.1. The molecule has 1 aliphatic heterocycles. The first kappa shape index (κ1) is 19.9. The number of hydrogen-bond acceptors (Lipinski definition) is 4. The molecule has 0 spiro atoms. The van der Waals surface area contributed by atoms with E-state index >= 15 is 0 Å². The Balaban J connectivity index is 1.34. The number of methoxy groups -OCH3 is 1. The van der Waals surface area contributed by atoms with Gasteiger partial charge in [0.15, 0.2) is 0 Å². The van der Waals surface area contributed by atoms with Crippen molar-refractivity contribution in [2.45, 2.75) is 6.42 Å². The highest BCUT2D eigenvalue weighted by Gasteiger charge is 2.18. The van der Waals surface area contributed by atoms with Gasteiger partial charge < -0.3 is 20.3 Å². The van der Waals surface area contributed by atoms with E-state index in [0.29, 0.717) is 23.7 Å². The molecule has 2 N–H and O–H groups in total. The van der Waals surface area contributed by atoms with Crippen LogP contribution in [0.1, 0.15) is 6.42 Å². The Kier molecular flexibility index (Phi) is 7.08. The number of anilines is 2. The van der Waals surface area contributed by atoms with Gasteiger partial charge >= 0.3 is 6.03 Å². The van der Waals surface area contributed by atoms with Crippen molar-refractivity contribution in [3.05, 3.63) is 54.3 Å². The molecule has 1 fully saturated rings. The summed E-state index contributed by atoms with van der Waals surface area (Å²) in [5.74, 6) is 0.464. The van der Waals surface area contributed by atoms with Gasteiger partial charge in [0.1, 0.15) is 11.6 Å². The van der Waals surface area contributed by atoms with Gasteiger partial charge in [0, 0.05) is 32.7 Å². The molecule has 0 aliphatic carbocycles. The van der Waals surface area contributed by atoms with Crippen molar-refractivity contribution < 1.29 is 13.9 Å². The lowest BCUT2D eigenvalue weighted by Crippen LogP contribution is -2.47. The van der Waals surface area contributed by atoms with Crippen molar-refractivity contribution in [1.29, 1.82) is 0 Å². The molecule has 6 nitrogen and oxygen atoms in total. The molecule has 0 bridgehead atoms. The Morgan fingerprint density at radius 2 is 1.79 bits per heavy atom. The van der Waals surface area contributed by atoms with E-state index in [4.69, 9.17) is 4.74 Å². The van der Waals surface area contributed by atoms with Crippen LogP contribution in [0, 0.1) is 5.82 Å². The normalized spacial score (nSPS) is 14.6. The number of urea groups is 1. The number of rotatable bonds is 7. The summed E-state index contributed by atoms with van der Waals surface area (Å²) in [5, 5.41) is 5.67. The molecule has 0 unspecified atom stereocenters. The van der Waals surface area contributed by atoms with Crippen LogP contribution < -0.4 is 20.3 Å². The van der Waals surface area contributed by atoms with Crippen LogP contribution in [-0.4, -0.2) is 57.3 Å². The number of para-hydroxylation sites is 3. The standard InChI is InChI=1S/C21H27FN4O2/c1-28-20-10-5-3-8-18(20)24-21(27)23-11-6-12-25-13-15-26(16-14-25)19-9-4-2-7-17(19)22/h2-5,7-10H,6,11-16H2,1H3,(H2,23,24,27). The Hall–Kier alpha value is -2.80. The zero-order valence-electron chi connectivity index (χ0n) is 16.2. The zero-order chi connectivity index (χ0) is 19.8. The molecule has 3 rings (SSSR count). The molecule has 1 heterocycles. The first-order chi connectivity index (χ1) is 13.7. The summed E-state index contributed by atoms with van der Waals surface area (Å²) in [7, 11) is 1.57. The number of hydrogen-bond donors (Lipinski definition) is 2. The average Bonchev–Trinajstić information content (AvgIpc) is 2.72. The SMILES string of the molecule is COc1ccccc1NC(=O)NCCCN1CCN(c2ccccc2F)CC1. The summed E-state index contributed by atoms with van der Waals surface area (Å²) >= 11 is 0. The van der Waals surface area contributed by atoms with E-state index in [9.17, 15) is 9.18 Å². The maximum Gasteiger partial charge on any atom is 0.319 e. The minimum absolute atomic E-state index is 0.166. The molecular weight excluding hydrogens is 359 g/mol. The van der Waals surface area contributed by atoms with Crippen LogP contribution in [0.5, 0.6) is 5.75 Å². The van der Waals surface area contributed by atoms with Gasteiger partial charge in [-0.25, -0.2) is 9.18 Å². The highest BCUT2D eigenvalue weighted by Crippen LogP contribution is 2.22. The van der Waals surface area contributed by atoms with Crippen LogP contribution in [-0.2, 0) is 0 Å². The number of benzene rings is 2. The van der Waals surface area contributed by atoms with Gasteiger partial charge in [0.25, 0.3) is 0 Å². The Labute approximate surface area is 165 Å². The Morgan fingerprint density at radius 1 is 1.07 bits per heavy atom. The summed E-state index contributed by atoms with van der Waals surface area (Å²) in [4.78, 5) is 16.5. The fraction of sp³-hybridized carbons (Fsp3) is 0.381. The summed E-state index contributed by atoms with van der Waals surface area (Å²) in [6.45, 7) is 4.89. The van der Waals surface area contributed by atoms with Crippen molar-refractivity contribution in [1.82, 2.24) is 10.2 Å². The van der Waals surface area contributed by atoms with E-state index in [1.807, 2.05) is 24.3 Å². The highest BCUT2D eigenvalue weighted by atomic mass is 19.1. The quantitative estimate of drug-likeness (QED) is 0.718. The summed E-state index contributed by atoms with van der Waals surface area (Å²) in [6, 6.07) is 14.0. The predicted octanol–water partition coefficient (Wildman–Crippen LogP) is 3.17. The van der Waals surface area contributed by atoms with Gasteiger partial charge in [-0.1, -0.05) is 24.3 Å². The van der Waals surface area contributed by atoms with Gasteiger partial charge in [-0.2, -0.15) is 0 Å². The van der Waals surface area contributed by atoms with Gasteiger partial charge in [0.05, 0.1) is 18.5 Å². The first-order valence-electron chi connectivity index (χ1n) is 9.57. The van der Waals surface area contributed by atoms with Crippen molar-refractivity contribution in [3.8, 4) is 5.75 Å². The fourth-order valence-corrected chi connectivity index (χ4v) is 3.34. The topological polar surface area (TPSA) is 56.8 Å². The molecular formula is C21H27FN4O2. The lowest BCUT2D eigenvalue weighted by atomic mass is 10.2. The molecule has 0 atom stereocenters. The number of halogens is 1. The molecule has 0 aromatic heterocycles. The largest absolute Gasteiger partial charge is 0.495 e. The van der Waals surface area contributed by atoms with Crippen LogP contribution in [0.2, 0.25) is 0 Å². The van der Waals surface area contributed by atoms with Crippen LogP contribution in [0.15, 0.2) is 48.5 Å². The van der Waals surface area contributed by atoms with Gasteiger partial charge in [0.2, 0.25) is 0 Å². The number of carbonyl (C=O) groups is 1. The van der Waals surface area contributed by atoms with Crippen LogP contribution >= 0.6 is 0 Å². The third-order valence-corrected chi connectivity index (χ3v) is 4.86. The second-order valence-electron chi connectivity index (χ2n) is 6.71. The average molecular weight is 386 g/mol. The lowest BCUT2D eigenvalue weighted by molar-refractivity contribution is 0.244. The predicted molar refractivity (Wildman–Crippen MR) is 110 cm³/mol. The molecule has 150 valence electrons. The van der Waals surface area contributed by atoms with Crippen molar-refractivity contribution in [2.75, 3.05) is 56.6 Å². The molecule has 2 aromatic carbocycles. The van der Waals surface area contributed by atoms with E-state index in [-0.39, 0.29) is 11.8 Å². The Morgan fingerprint density at radius 3 is 2.54 bits per heavy atom. The number of nitrogens with zero attached hydrogens (tertiary/aromatic N) is 2. The molecule has 2 aromatic rings. The third-order valence-electron chi connectivity index (χ3n) is 4.86. The van der Waals surface area contributed by atoms with E-state index in [1.54, 1.807) is 25.3 Å². The van der Waals surface area contributed by atoms with Gasteiger partial charge in [-0.15, -0.1) is 0 Å². The highest BCUT2D eigenvalue weighted by molar-refractivity contribution is 5.90. The molecule has 2 amide bonds. The number of amides is 2. The smallest absolute Gasteiger partial charge is 0.319 e. The first-order valence-corrected chi connectivity index (χ1v) is 9.57. The maximum atomic E-state index is 13.9. The molecule has 1 saturated heterocycles. The second-order valence-corrected chi connectivity index (χ2v) is 6.71. The minimum atomic E-state index is -0.242. The van der Waals surface area contributed by atoms with Crippen LogP contribution in [0.3, 0.4) is 0 Å². The molecule has 0 radical (unpaired) electrons. The molecule has 1 aliphatic rings. The number of ether oxygens (including phenoxy) is 1. The third kappa shape index (κ3) is 5.36. The Bertz CT molecular complexity index is 779. The van der Waals surface area contributed by atoms with E-state index < -0.39 is 0 Å². The minimum Gasteiger partial charge on any atom is -0.495 e. The monoisotopic (exact) mass is 386 g/mol. The van der Waals surface area contributed by atoms with E-state index in [1.165, 1.54) is 6.07 Å². The van der Waals surface area contributed by atoms with Crippen molar-refractivity contribution >= 4 is 17.4 Å². The van der Waals surface area contributed by atoms with Crippen LogP contribution in [0.25, 0.3) is 0 Å². The lowest BCUT2D eigenvalue weighted by Gasteiger charge is -2.36. The number of piperazine rings is 1. The summed E-state index contributed by atoms with van der Waals surface area (Å²) in [6.07, 6.45) is 0.860. The molecule has 7 heteroatoms. The second kappa shape index (κ2) is 9.94. The molecule has 0 saturated carbocycles. The maximum absolute atomic E-state index is 13.9. The van der Waals surface area contributed by atoms with E-state index in [2.05, 4.69) is 20.4 Å². The van der Waals surface area contributed by atoms with Crippen molar-refractivity contribution in [3.63, 3.8) is 0 Å². The number of nitrogens with one attached hydrogen (secondary N) is 2. The van der Waals surface area contributed by atoms with Crippen LogP contribution in [0.4, 0.5) is 20.6 Å². The van der Waals surface area contributed by atoms with Gasteiger partial charge in [-0.3, -0.25) is 4.90 Å². The van der Waals surface area contributed by atoms with Crippen molar-refractivity contribution in [2.24, 2.45) is 0 Å². The summed E-state index contributed by atoms with van der Waals surface area (Å²) in [5.41, 5.74) is 1.32. The van der Waals surface area contributed by atoms with E-state index in [0.717, 1.165) is 39.1 Å². The molecule has 28 heavy (non-hydrogen) atoms. The zero-order valence-corrected chi connectivity index (χ0v) is 16.2. The van der Waals surface area contributed by atoms with Gasteiger partial charge in [-0.05, 0) is 37.2 Å². The number of carbonyl (C=O) groups excluding carboxylic acids is 1.